The third-order valence-corrected chi connectivity index (χ3v) is 4.46. The van der Waals surface area contributed by atoms with E-state index in [4.69, 9.17) is 4.74 Å². The van der Waals surface area contributed by atoms with Crippen LogP contribution in [0.3, 0.4) is 0 Å². The van der Waals surface area contributed by atoms with Gasteiger partial charge in [0.2, 0.25) is 0 Å². The average Bonchev–Trinajstić information content (AvgIpc) is 3.19. The lowest BCUT2D eigenvalue weighted by molar-refractivity contribution is -0.141. The largest absolute Gasteiger partial charge is 0.468 e. The van der Waals surface area contributed by atoms with Crippen LogP contribution < -0.4 is 10.6 Å². The first kappa shape index (κ1) is 15.2. The number of nitrogens with one attached hydrogen (secondary N) is 2. The molecule has 1 aliphatic rings. The van der Waals surface area contributed by atoms with Crippen LogP contribution in [0.25, 0.3) is 11.0 Å². The molecule has 7 nitrogen and oxygen atoms in total. The van der Waals surface area contributed by atoms with Crippen LogP contribution in [0.1, 0.15) is 21.8 Å². The minimum atomic E-state index is -0.499. The lowest BCUT2D eigenvalue weighted by Crippen LogP contribution is -2.31. The second-order valence-electron chi connectivity index (χ2n) is 5.89. The second kappa shape index (κ2) is 5.62. The monoisotopic (exact) mass is 337 g/mol. The number of benzene rings is 2. The molecule has 1 aliphatic heterocycles. The van der Waals surface area contributed by atoms with E-state index in [9.17, 15) is 14.4 Å². The number of aromatic amines is 2. The predicted octanol–water partition coefficient (Wildman–Crippen LogP) is 1.77. The van der Waals surface area contributed by atoms with E-state index in [1.807, 2.05) is 24.3 Å². The van der Waals surface area contributed by atoms with E-state index >= 15 is 0 Å². The van der Waals surface area contributed by atoms with Crippen LogP contribution >= 0.6 is 0 Å². The fraction of sp³-hybridized carbons (Fsp3) is 0.167. The van der Waals surface area contributed by atoms with E-state index in [-0.39, 0.29) is 24.1 Å². The highest BCUT2D eigenvalue weighted by Crippen LogP contribution is 2.37. The van der Waals surface area contributed by atoms with Crippen LogP contribution in [0.5, 0.6) is 0 Å². The van der Waals surface area contributed by atoms with Crippen LogP contribution in [0, 0.1) is 0 Å². The molecule has 0 bridgehead atoms. The molecule has 0 saturated heterocycles. The summed E-state index contributed by atoms with van der Waals surface area (Å²) in [6, 6.07) is 12.3. The van der Waals surface area contributed by atoms with Crippen LogP contribution in [0.4, 0.5) is 5.69 Å². The van der Waals surface area contributed by atoms with Gasteiger partial charge < -0.3 is 19.6 Å². The van der Waals surface area contributed by atoms with Gasteiger partial charge in [0.05, 0.1) is 18.1 Å². The van der Waals surface area contributed by atoms with E-state index in [2.05, 4.69) is 9.97 Å². The zero-order valence-electron chi connectivity index (χ0n) is 13.4. The number of esters is 1. The minimum Gasteiger partial charge on any atom is -0.468 e. The molecule has 3 aromatic rings. The van der Waals surface area contributed by atoms with E-state index in [1.54, 1.807) is 23.1 Å². The Hall–Kier alpha value is -3.35. The number of aromatic nitrogens is 2. The number of para-hydroxylation sites is 1. The summed E-state index contributed by atoms with van der Waals surface area (Å²) in [7, 11) is 1.34. The maximum Gasteiger partial charge on any atom is 0.323 e. The van der Waals surface area contributed by atoms with Crippen LogP contribution in [-0.2, 0) is 9.53 Å². The first-order chi connectivity index (χ1) is 12.1. The highest BCUT2D eigenvalue weighted by atomic mass is 16.5. The Kier molecular flexibility index (Phi) is 3.42. The van der Waals surface area contributed by atoms with Gasteiger partial charge in [0.1, 0.15) is 5.92 Å². The number of nitrogens with zero attached hydrogens (tertiary/aromatic N) is 1. The van der Waals surface area contributed by atoms with Gasteiger partial charge >= 0.3 is 11.7 Å². The summed E-state index contributed by atoms with van der Waals surface area (Å²) >= 11 is 0. The Morgan fingerprint density at radius 3 is 2.68 bits per heavy atom. The number of amides is 1. The lowest BCUT2D eigenvalue weighted by Gasteiger charge is -2.17. The van der Waals surface area contributed by atoms with Crippen LogP contribution in [0.15, 0.2) is 47.3 Å². The van der Waals surface area contributed by atoms with Crippen LogP contribution in [0.2, 0.25) is 0 Å². The maximum absolute atomic E-state index is 13.0. The normalized spacial score (nSPS) is 16.0. The van der Waals surface area contributed by atoms with E-state index in [0.717, 1.165) is 5.56 Å². The van der Waals surface area contributed by atoms with Gasteiger partial charge in [-0.2, -0.15) is 0 Å². The predicted molar refractivity (Wildman–Crippen MR) is 91.8 cm³/mol. The summed E-state index contributed by atoms with van der Waals surface area (Å²) in [4.78, 5) is 43.3. The molecular formula is C18H15N3O4. The van der Waals surface area contributed by atoms with Crippen molar-refractivity contribution in [3.8, 4) is 0 Å². The van der Waals surface area contributed by atoms with Crippen molar-refractivity contribution in [1.82, 2.24) is 9.97 Å². The Morgan fingerprint density at radius 2 is 1.88 bits per heavy atom. The number of methoxy groups -OCH3 is 1. The van der Waals surface area contributed by atoms with Crippen molar-refractivity contribution in [3.63, 3.8) is 0 Å². The fourth-order valence-corrected chi connectivity index (χ4v) is 3.26. The van der Waals surface area contributed by atoms with Gasteiger partial charge in [-0.3, -0.25) is 9.59 Å². The van der Waals surface area contributed by atoms with Gasteiger partial charge in [-0.1, -0.05) is 18.2 Å². The Labute approximate surface area is 142 Å². The van der Waals surface area contributed by atoms with Crippen molar-refractivity contribution in [1.29, 1.82) is 0 Å². The van der Waals surface area contributed by atoms with Crippen molar-refractivity contribution in [3.05, 3.63) is 64.1 Å². The first-order valence-corrected chi connectivity index (χ1v) is 7.79. The summed E-state index contributed by atoms with van der Waals surface area (Å²) in [6.45, 7) is 0.229. The molecule has 1 atom stereocenters. The molecule has 0 unspecified atom stereocenters. The zero-order valence-corrected chi connectivity index (χ0v) is 13.4. The number of hydrogen-bond acceptors (Lipinski definition) is 4. The van der Waals surface area contributed by atoms with Gasteiger partial charge in [0.25, 0.3) is 5.91 Å². The molecule has 0 aliphatic carbocycles. The topological polar surface area (TPSA) is 95.3 Å². The fourth-order valence-electron chi connectivity index (χ4n) is 3.26. The van der Waals surface area contributed by atoms with Gasteiger partial charge in [-0.25, -0.2) is 4.79 Å². The van der Waals surface area contributed by atoms with Crippen molar-refractivity contribution in [2.24, 2.45) is 0 Å². The summed E-state index contributed by atoms with van der Waals surface area (Å²) in [6.07, 6.45) is 0. The molecule has 4 rings (SSSR count). The highest BCUT2D eigenvalue weighted by Gasteiger charge is 2.37. The number of rotatable bonds is 2. The van der Waals surface area contributed by atoms with Crippen molar-refractivity contribution >= 4 is 28.6 Å². The standard InChI is InChI=1S/C18H15N3O4/c1-25-17(23)12-9-21(15-5-3-2-4-11(12)15)16(22)10-6-7-13-14(8-10)20-18(24)19-13/h2-8,12H,9H2,1H3,(H2,19,20,24)/t12-/m0/s1. The summed E-state index contributed by atoms with van der Waals surface area (Å²) in [5, 5.41) is 0. The lowest BCUT2D eigenvalue weighted by atomic mass is 10.0. The number of fused-ring (bicyclic) bond motifs is 2. The molecule has 1 aromatic heterocycles. The van der Waals surface area contributed by atoms with E-state index in [0.29, 0.717) is 22.3 Å². The molecule has 2 heterocycles. The van der Waals surface area contributed by atoms with Gasteiger partial charge in [0.15, 0.2) is 0 Å². The third-order valence-electron chi connectivity index (χ3n) is 4.46. The quantitative estimate of drug-likeness (QED) is 0.697. The molecule has 0 radical (unpaired) electrons. The molecule has 0 saturated carbocycles. The third kappa shape index (κ3) is 2.40. The minimum absolute atomic E-state index is 0.229. The number of anilines is 1. The molecule has 0 fully saturated rings. The molecule has 1 amide bonds. The molecule has 126 valence electrons. The number of imidazole rings is 1. The number of H-pyrrole nitrogens is 2. The zero-order chi connectivity index (χ0) is 17.6. The second-order valence-corrected chi connectivity index (χ2v) is 5.89. The first-order valence-electron chi connectivity index (χ1n) is 7.79. The molecule has 7 heteroatoms. The molecule has 2 N–H and O–H groups in total. The van der Waals surface area contributed by atoms with Crippen LogP contribution in [-0.4, -0.2) is 35.5 Å². The Balaban J connectivity index is 1.74. The summed E-state index contributed by atoms with van der Waals surface area (Å²) in [5.74, 6) is -1.10. The molecule has 25 heavy (non-hydrogen) atoms. The van der Waals surface area contributed by atoms with Gasteiger partial charge in [-0.05, 0) is 29.8 Å². The highest BCUT2D eigenvalue weighted by molar-refractivity contribution is 6.10. The van der Waals surface area contributed by atoms with E-state index < -0.39 is 5.92 Å². The van der Waals surface area contributed by atoms with Gasteiger partial charge in [0, 0.05) is 17.8 Å². The van der Waals surface area contributed by atoms with Crippen molar-refractivity contribution in [2.45, 2.75) is 5.92 Å². The summed E-state index contributed by atoms with van der Waals surface area (Å²) < 4.78 is 4.86. The number of hydrogen-bond donors (Lipinski definition) is 2. The van der Waals surface area contributed by atoms with Gasteiger partial charge in [-0.15, -0.1) is 0 Å². The summed E-state index contributed by atoms with van der Waals surface area (Å²) in [5.41, 5.74) is 2.79. The smallest absolute Gasteiger partial charge is 0.323 e. The van der Waals surface area contributed by atoms with E-state index in [1.165, 1.54) is 7.11 Å². The molecule has 0 spiro atoms. The SMILES string of the molecule is COC(=O)[C@H]1CN(C(=O)c2ccc3[nH]c(=O)[nH]c3c2)c2ccccc21. The molecule has 2 aromatic carbocycles. The Morgan fingerprint density at radius 1 is 1.12 bits per heavy atom. The number of carbonyl (C=O) groups is 2. The van der Waals surface area contributed by atoms with Crippen molar-refractivity contribution < 1.29 is 14.3 Å². The Bertz CT molecular complexity index is 1050. The number of carbonyl (C=O) groups excluding carboxylic acids is 2. The van der Waals surface area contributed by atoms with Crippen molar-refractivity contribution in [2.75, 3.05) is 18.6 Å². The molecular weight excluding hydrogens is 322 g/mol. The average molecular weight is 337 g/mol. The number of ether oxygens (including phenoxy) is 1. The maximum atomic E-state index is 13.0.